The summed E-state index contributed by atoms with van der Waals surface area (Å²) >= 11 is 0. The molecule has 1 aromatic rings. The molecule has 2 heterocycles. The summed E-state index contributed by atoms with van der Waals surface area (Å²) in [5.74, 6) is -1.51. The number of nitrogens with zero attached hydrogens (tertiary/aromatic N) is 2. The molecule has 1 aromatic heterocycles. The highest BCUT2D eigenvalue weighted by Crippen LogP contribution is 2.43. The molecule has 2 rings (SSSR count). The minimum Gasteiger partial charge on any atom is -0.394 e. The second kappa shape index (κ2) is 6.01. The lowest BCUT2D eigenvalue weighted by atomic mass is 10.1. The first kappa shape index (κ1) is 17.0. The average Bonchev–Trinajstić information content (AvgIpc) is 2.69. The summed E-state index contributed by atoms with van der Waals surface area (Å²) in [6.45, 7) is -0.725. The largest absolute Gasteiger partial charge is 0.470 e. The first-order valence-corrected chi connectivity index (χ1v) is 7.44. The molecule has 124 valence electrons. The van der Waals surface area contributed by atoms with Crippen molar-refractivity contribution in [3.05, 3.63) is 17.6 Å². The van der Waals surface area contributed by atoms with Gasteiger partial charge in [0.15, 0.2) is 17.9 Å². The molecule has 7 N–H and O–H groups in total. The number of nitrogens with one attached hydrogen (secondary N) is 1. The van der Waals surface area contributed by atoms with Crippen molar-refractivity contribution in [3.8, 4) is 0 Å². The van der Waals surface area contributed by atoms with Gasteiger partial charge in [0.1, 0.15) is 18.3 Å². The summed E-state index contributed by atoms with van der Waals surface area (Å²) in [7, 11) is -4.97. The van der Waals surface area contributed by atoms with E-state index in [1.54, 1.807) is 0 Å². The summed E-state index contributed by atoms with van der Waals surface area (Å²) in [4.78, 5) is 21.0. The van der Waals surface area contributed by atoms with Crippen molar-refractivity contribution in [2.24, 2.45) is 0 Å². The Morgan fingerprint density at radius 1 is 1.59 bits per heavy atom. The van der Waals surface area contributed by atoms with E-state index in [0.717, 1.165) is 10.8 Å². The molecule has 4 atom stereocenters. The molecule has 0 bridgehead atoms. The third kappa shape index (κ3) is 3.33. The number of aliphatic hydroxyl groups excluding tert-OH is 2. The van der Waals surface area contributed by atoms with Crippen molar-refractivity contribution in [3.63, 3.8) is 0 Å². The maximum absolute atomic E-state index is 13.5. The zero-order chi connectivity index (χ0) is 16.7. The number of hydrogen-bond donors (Lipinski definition) is 6. The van der Waals surface area contributed by atoms with E-state index >= 15 is 0 Å². The van der Waals surface area contributed by atoms with Crippen molar-refractivity contribution < 1.29 is 38.2 Å². The van der Waals surface area contributed by atoms with Crippen LogP contribution in [0.3, 0.4) is 0 Å². The van der Waals surface area contributed by atoms with Crippen LogP contribution in [-0.4, -0.2) is 54.5 Å². The molecule has 1 aliphatic rings. The molecule has 1 aliphatic heterocycles. The van der Waals surface area contributed by atoms with E-state index in [1.165, 1.54) is 0 Å². The Hall–Kier alpha value is -1.40. The quantitative estimate of drug-likeness (QED) is 0.331. The summed E-state index contributed by atoms with van der Waals surface area (Å²) in [6, 6.07) is 0. The minimum atomic E-state index is -4.97. The minimum absolute atomic E-state index is 0.532. The highest BCUT2D eigenvalue weighted by molar-refractivity contribution is 7.46. The van der Waals surface area contributed by atoms with E-state index in [0.29, 0.717) is 0 Å². The van der Waals surface area contributed by atoms with Crippen molar-refractivity contribution in [2.75, 3.05) is 12.3 Å². The van der Waals surface area contributed by atoms with Gasteiger partial charge in [-0.05, 0) is 0 Å². The number of nitrogen functional groups attached to an aromatic ring is 1. The molecule has 0 amide bonds. The van der Waals surface area contributed by atoms with Crippen molar-refractivity contribution >= 4 is 13.6 Å². The van der Waals surface area contributed by atoms with Crippen LogP contribution in [0.1, 0.15) is 6.23 Å². The SMILES string of the molecule is N=c1nc(N)c(F)cn1[C@@H]1O[C@H](CO)[C@@H](OP(=O)(O)O)[C@@H]1O. The standard InChI is InChI=1S/C9H14FN4O7P/c10-3-1-14(9(12)13-7(3)11)8-5(16)6(4(2-15)20-8)21-22(17,18)19/h1,4-6,8,15-16H,2H2,(H3,11,12,13)(H2,17,18,19)/t4-,5+,6-,8-/m1/s1. The van der Waals surface area contributed by atoms with Gasteiger partial charge in [-0.3, -0.25) is 14.5 Å². The molecule has 1 fully saturated rings. The summed E-state index contributed by atoms with van der Waals surface area (Å²) in [6.07, 6.45) is -5.26. The Kier molecular flexibility index (Phi) is 4.63. The summed E-state index contributed by atoms with van der Waals surface area (Å²) in [5.41, 5.74) is 4.64. The Labute approximate surface area is 122 Å². The van der Waals surface area contributed by atoms with Crippen molar-refractivity contribution in [1.29, 1.82) is 5.41 Å². The molecule has 0 aromatic carbocycles. The van der Waals surface area contributed by atoms with Gasteiger partial charge in [-0.25, -0.2) is 8.96 Å². The molecule has 0 unspecified atom stereocenters. The fourth-order valence-electron chi connectivity index (χ4n) is 2.05. The number of phosphoric ester groups is 1. The van der Waals surface area contributed by atoms with E-state index in [2.05, 4.69) is 9.51 Å². The van der Waals surface area contributed by atoms with Crippen LogP contribution in [-0.2, 0) is 13.8 Å². The van der Waals surface area contributed by atoms with Gasteiger partial charge >= 0.3 is 7.82 Å². The third-order valence-corrected chi connectivity index (χ3v) is 3.51. The first-order valence-electron chi connectivity index (χ1n) is 5.91. The van der Waals surface area contributed by atoms with Crippen LogP contribution in [0.25, 0.3) is 0 Å². The van der Waals surface area contributed by atoms with E-state index in [1.807, 2.05) is 0 Å². The molecule has 11 nitrogen and oxygen atoms in total. The van der Waals surface area contributed by atoms with Crippen LogP contribution < -0.4 is 11.4 Å². The molecule has 0 radical (unpaired) electrons. The van der Waals surface area contributed by atoms with Gasteiger partial charge in [0.25, 0.3) is 0 Å². The van der Waals surface area contributed by atoms with Gasteiger partial charge in [0.2, 0.25) is 5.62 Å². The maximum atomic E-state index is 13.5. The molecule has 22 heavy (non-hydrogen) atoms. The topological polar surface area (TPSA) is 184 Å². The molecule has 0 saturated carbocycles. The van der Waals surface area contributed by atoms with Crippen LogP contribution in [0.15, 0.2) is 6.20 Å². The highest BCUT2D eigenvalue weighted by Gasteiger charge is 2.48. The number of rotatable bonds is 4. The Morgan fingerprint density at radius 3 is 2.77 bits per heavy atom. The first-order chi connectivity index (χ1) is 10.1. The van der Waals surface area contributed by atoms with Crippen molar-refractivity contribution in [1.82, 2.24) is 9.55 Å². The van der Waals surface area contributed by atoms with E-state index < -0.39 is 56.2 Å². The fourth-order valence-corrected chi connectivity index (χ4v) is 2.63. The molecular weight excluding hydrogens is 326 g/mol. The van der Waals surface area contributed by atoms with E-state index in [-0.39, 0.29) is 0 Å². The highest BCUT2D eigenvalue weighted by atomic mass is 31.2. The molecule has 0 spiro atoms. The normalized spacial score (nSPS) is 29.0. The lowest BCUT2D eigenvalue weighted by Crippen LogP contribution is -2.37. The Bertz CT molecular complexity index is 664. The molecule has 0 aliphatic carbocycles. The number of ether oxygens (including phenoxy) is 1. The number of halogens is 1. The number of anilines is 1. The predicted octanol–water partition coefficient (Wildman–Crippen LogP) is -2.19. The Balaban J connectivity index is 2.36. The second-order valence-electron chi connectivity index (χ2n) is 4.50. The monoisotopic (exact) mass is 340 g/mol. The van der Waals surface area contributed by atoms with Crippen LogP contribution in [0.2, 0.25) is 0 Å². The molecule has 13 heteroatoms. The molecule has 1 saturated heterocycles. The maximum Gasteiger partial charge on any atom is 0.470 e. The smallest absolute Gasteiger partial charge is 0.394 e. The van der Waals surface area contributed by atoms with Gasteiger partial charge in [-0.1, -0.05) is 0 Å². The number of hydrogen-bond acceptors (Lipinski definition) is 8. The van der Waals surface area contributed by atoms with Crippen LogP contribution in [0.4, 0.5) is 10.2 Å². The lowest BCUT2D eigenvalue weighted by Gasteiger charge is -2.20. The fraction of sp³-hybridized carbons (Fsp3) is 0.556. The number of phosphoric acid groups is 1. The number of aromatic nitrogens is 2. The van der Waals surface area contributed by atoms with Crippen LogP contribution in [0.5, 0.6) is 0 Å². The van der Waals surface area contributed by atoms with E-state index in [9.17, 15) is 14.1 Å². The summed E-state index contributed by atoms with van der Waals surface area (Å²) < 4.78 is 34.7. The predicted molar refractivity (Wildman–Crippen MR) is 66.4 cm³/mol. The Morgan fingerprint density at radius 2 is 2.23 bits per heavy atom. The van der Waals surface area contributed by atoms with Gasteiger partial charge in [0, 0.05) is 6.20 Å². The van der Waals surface area contributed by atoms with Gasteiger partial charge in [-0.2, -0.15) is 4.98 Å². The van der Waals surface area contributed by atoms with Crippen LogP contribution >= 0.6 is 7.82 Å². The molecular formula is C9H14FN4O7P. The zero-order valence-electron chi connectivity index (χ0n) is 10.9. The van der Waals surface area contributed by atoms with E-state index in [4.69, 9.17) is 30.8 Å². The number of nitrogens with two attached hydrogens (primary N) is 1. The van der Waals surface area contributed by atoms with Gasteiger partial charge in [0.05, 0.1) is 6.61 Å². The van der Waals surface area contributed by atoms with Crippen molar-refractivity contribution in [2.45, 2.75) is 24.5 Å². The lowest BCUT2D eigenvalue weighted by molar-refractivity contribution is -0.0558. The zero-order valence-corrected chi connectivity index (χ0v) is 11.8. The second-order valence-corrected chi connectivity index (χ2v) is 5.70. The summed E-state index contributed by atoms with van der Waals surface area (Å²) in [5, 5.41) is 26.8. The third-order valence-electron chi connectivity index (χ3n) is 2.99. The van der Waals surface area contributed by atoms with Crippen LogP contribution in [0, 0.1) is 11.2 Å². The van der Waals surface area contributed by atoms with Gasteiger partial charge < -0.3 is 30.5 Å². The average molecular weight is 340 g/mol. The number of aliphatic hydroxyl groups is 2. The van der Waals surface area contributed by atoms with Gasteiger partial charge in [-0.15, -0.1) is 0 Å².